The molecule has 0 saturated carbocycles. The van der Waals surface area contributed by atoms with E-state index in [1.807, 2.05) is 0 Å². The topological polar surface area (TPSA) is 79.3 Å². The van der Waals surface area contributed by atoms with E-state index in [0.717, 1.165) is 4.88 Å². The van der Waals surface area contributed by atoms with Crippen molar-refractivity contribution in [2.45, 2.75) is 18.0 Å². The highest BCUT2D eigenvalue weighted by molar-refractivity contribution is 7.89. The average Bonchev–Trinajstić information content (AvgIpc) is 2.92. The van der Waals surface area contributed by atoms with Crippen LogP contribution in [0, 0.1) is 0 Å². The van der Waals surface area contributed by atoms with Crippen LogP contribution < -0.4 is 4.72 Å². The first kappa shape index (κ1) is 15.7. The summed E-state index contributed by atoms with van der Waals surface area (Å²) in [4.78, 5) is 4.48. The van der Waals surface area contributed by atoms with Gasteiger partial charge in [0.05, 0.1) is 17.1 Å². The molecular formula is C11H10Cl2N2O3S2. The zero-order chi connectivity index (χ0) is 14.8. The molecule has 2 aromatic rings. The molecule has 0 spiro atoms. The van der Waals surface area contributed by atoms with Crippen molar-refractivity contribution in [1.29, 1.82) is 0 Å². The van der Waals surface area contributed by atoms with Crippen molar-refractivity contribution in [3.63, 3.8) is 0 Å². The van der Waals surface area contributed by atoms with Gasteiger partial charge in [0.1, 0.15) is 4.90 Å². The van der Waals surface area contributed by atoms with Crippen molar-refractivity contribution in [1.82, 2.24) is 9.71 Å². The van der Waals surface area contributed by atoms with E-state index >= 15 is 0 Å². The highest BCUT2D eigenvalue weighted by Gasteiger charge is 2.21. The zero-order valence-corrected chi connectivity index (χ0v) is 13.2. The van der Waals surface area contributed by atoms with Gasteiger partial charge in [-0.3, -0.25) is 4.98 Å². The number of hydrogen-bond acceptors (Lipinski definition) is 5. The van der Waals surface area contributed by atoms with Crippen molar-refractivity contribution < 1.29 is 13.5 Å². The van der Waals surface area contributed by atoms with Crippen LogP contribution in [-0.4, -0.2) is 18.5 Å². The Hall–Kier alpha value is -0.700. The minimum Gasteiger partial charge on any atom is -0.392 e. The quantitative estimate of drug-likeness (QED) is 0.865. The number of benzene rings is 1. The molecule has 0 aliphatic carbocycles. The summed E-state index contributed by atoms with van der Waals surface area (Å²) < 4.78 is 26.8. The standard InChI is InChI=1S/C11H10Cl2N2O3S2/c12-8-1-7(5-16)11(13)10(2-8)20(17,18)15-4-9-3-14-6-19-9/h1-3,6,15-16H,4-5H2. The van der Waals surface area contributed by atoms with Crippen molar-refractivity contribution >= 4 is 44.6 Å². The SMILES string of the molecule is O=S(=O)(NCc1cncs1)c1cc(Cl)cc(CO)c1Cl. The molecule has 9 heteroatoms. The third kappa shape index (κ3) is 3.49. The molecule has 0 saturated heterocycles. The zero-order valence-electron chi connectivity index (χ0n) is 10.0. The van der Waals surface area contributed by atoms with E-state index in [1.165, 1.54) is 23.5 Å². The summed E-state index contributed by atoms with van der Waals surface area (Å²) in [5, 5.41) is 9.31. The Bertz CT molecular complexity index is 703. The summed E-state index contributed by atoms with van der Waals surface area (Å²) >= 11 is 13.2. The predicted octanol–water partition coefficient (Wildman–Crippen LogP) is 2.42. The van der Waals surface area contributed by atoms with Crippen LogP contribution in [0.3, 0.4) is 0 Å². The first-order valence-corrected chi connectivity index (χ1v) is 8.51. The molecule has 2 N–H and O–H groups in total. The Morgan fingerprint density at radius 2 is 2.10 bits per heavy atom. The normalized spacial score (nSPS) is 11.8. The Labute approximate surface area is 130 Å². The van der Waals surface area contributed by atoms with Gasteiger partial charge in [-0.1, -0.05) is 23.2 Å². The van der Waals surface area contributed by atoms with Crippen LogP contribution in [0.25, 0.3) is 0 Å². The average molecular weight is 353 g/mol. The van der Waals surface area contributed by atoms with Gasteiger partial charge in [0.15, 0.2) is 0 Å². The van der Waals surface area contributed by atoms with Gasteiger partial charge in [-0.15, -0.1) is 11.3 Å². The van der Waals surface area contributed by atoms with Crippen LogP contribution in [0.4, 0.5) is 0 Å². The van der Waals surface area contributed by atoms with Crippen molar-refractivity contribution in [3.8, 4) is 0 Å². The number of aliphatic hydroxyl groups excluding tert-OH is 1. The molecule has 0 amide bonds. The van der Waals surface area contributed by atoms with Gasteiger partial charge in [-0.2, -0.15) is 0 Å². The van der Waals surface area contributed by atoms with E-state index < -0.39 is 16.6 Å². The summed E-state index contributed by atoms with van der Waals surface area (Å²) in [5.74, 6) is 0. The highest BCUT2D eigenvalue weighted by atomic mass is 35.5. The summed E-state index contributed by atoms with van der Waals surface area (Å²) in [6.45, 7) is -0.277. The Balaban J connectivity index is 2.31. The van der Waals surface area contributed by atoms with E-state index in [2.05, 4.69) is 9.71 Å². The van der Waals surface area contributed by atoms with Crippen molar-refractivity contribution in [2.75, 3.05) is 0 Å². The number of sulfonamides is 1. The lowest BCUT2D eigenvalue weighted by Gasteiger charge is -2.10. The molecule has 0 aliphatic heterocycles. The second-order valence-electron chi connectivity index (χ2n) is 3.83. The second-order valence-corrected chi connectivity index (χ2v) is 7.35. The number of aromatic nitrogens is 1. The van der Waals surface area contributed by atoms with Crippen molar-refractivity contribution in [2.24, 2.45) is 0 Å². The molecule has 0 atom stereocenters. The molecule has 0 radical (unpaired) electrons. The first-order chi connectivity index (χ1) is 9.44. The number of thiazole rings is 1. The van der Waals surface area contributed by atoms with Gasteiger partial charge in [0.25, 0.3) is 0 Å². The van der Waals surface area contributed by atoms with E-state index in [9.17, 15) is 8.42 Å². The fourth-order valence-electron chi connectivity index (χ4n) is 1.50. The van der Waals surface area contributed by atoms with Crippen LogP contribution >= 0.6 is 34.5 Å². The summed E-state index contributed by atoms with van der Waals surface area (Å²) in [6, 6.07) is 2.67. The highest BCUT2D eigenvalue weighted by Crippen LogP contribution is 2.29. The van der Waals surface area contributed by atoms with Gasteiger partial charge in [-0.05, 0) is 17.7 Å². The van der Waals surface area contributed by atoms with Crippen LogP contribution in [0.1, 0.15) is 10.4 Å². The smallest absolute Gasteiger partial charge is 0.242 e. The minimum atomic E-state index is -3.82. The maximum Gasteiger partial charge on any atom is 0.242 e. The summed E-state index contributed by atoms with van der Waals surface area (Å²) in [7, 11) is -3.82. The molecule has 1 heterocycles. The minimum absolute atomic E-state index is 0.0336. The largest absolute Gasteiger partial charge is 0.392 e. The van der Waals surface area contributed by atoms with Gasteiger partial charge < -0.3 is 5.11 Å². The number of nitrogens with one attached hydrogen (secondary N) is 1. The molecule has 20 heavy (non-hydrogen) atoms. The third-order valence-corrected chi connectivity index (χ3v) is 5.44. The Kier molecular flexibility index (Phi) is 5.00. The third-order valence-electron chi connectivity index (χ3n) is 2.46. The molecular weight excluding hydrogens is 343 g/mol. The monoisotopic (exact) mass is 352 g/mol. The summed E-state index contributed by atoms with van der Waals surface area (Å²) in [6.07, 6.45) is 1.58. The molecule has 5 nitrogen and oxygen atoms in total. The first-order valence-electron chi connectivity index (χ1n) is 5.40. The number of aliphatic hydroxyl groups is 1. The van der Waals surface area contributed by atoms with Gasteiger partial charge in [0.2, 0.25) is 10.0 Å². The van der Waals surface area contributed by atoms with Gasteiger partial charge in [-0.25, -0.2) is 13.1 Å². The maximum atomic E-state index is 12.2. The maximum absolute atomic E-state index is 12.2. The molecule has 0 bridgehead atoms. The van der Waals surface area contributed by atoms with Crippen LogP contribution in [0.15, 0.2) is 28.7 Å². The van der Waals surface area contributed by atoms with E-state index in [0.29, 0.717) is 0 Å². The fraction of sp³-hybridized carbons (Fsp3) is 0.182. The molecule has 0 aliphatic rings. The lowest BCUT2D eigenvalue weighted by molar-refractivity contribution is 0.281. The molecule has 1 aromatic carbocycles. The van der Waals surface area contributed by atoms with Crippen LogP contribution in [0.5, 0.6) is 0 Å². The molecule has 0 fully saturated rings. The summed E-state index contributed by atoms with van der Waals surface area (Å²) in [5.41, 5.74) is 1.87. The fourth-order valence-corrected chi connectivity index (χ4v) is 4.06. The number of halogens is 2. The lowest BCUT2D eigenvalue weighted by atomic mass is 10.2. The number of nitrogens with zero attached hydrogens (tertiary/aromatic N) is 1. The second kappa shape index (κ2) is 6.38. The van der Waals surface area contributed by atoms with E-state index in [1.54, 1.807) is 11.7 Å². The van der Waals surface area contributed by atoms with Gasteiger partial charge in [0, 0.05) is 22.6 Å². The molecule has 108 valence electrons. The predicted molar refractivity (Wildman–Crippen MR) is 78.5 cm³/mol. The molecule has 2 rings (SSSR count). The van der Waals surface area contributed by atoms with Crippen molar-refractivity contribution in [3.05, 3.63) is 44.3 Å². The van der Waals surface area contributed by atoms with E-state index in [4.69, 9.17) is 28.3 Å². The van der Waals surface area contributed by atoms with E-state index in [-0.39, 0.29) is 27.0 Å². The Morgan fingerprint density at radius 3 is 2.70 bits per heavy atom. The van der Waals surface area contributed by atoms with Gasteiger partial charge >= 0.3 is 0 Å². The van der Waals surface area contributed by atoms with Crippen LogP contribution in [-0.2, 0) is 23.2 Å². The molecule has 0 unspecified atom stereocenters. The van der Waals surface area contributed by atoms with Crippen LogP contribution in [0.2, 0.25) is 10.0 Å². The molecule has 1 aromatic heterocycles. The Morgan fingerprint density at radius 1 is 1.35 bits per heavy atom. The lowest BCUT2D eigenvalue weighted by Crippen LogP contribution is -2.23. The number of hydrogen-bond donors (Lipinski definition) is 2. The number of rotatable bonds is 5.